The van der Waals surface area contributed by atoms with Gasteiger partial charge in [0.25, 0.3) is 0 Å². The summed E-state index contributed by atoms with van der Waals surface area (Å²) in [5.41, 5.74) is 0.981. The Kier molecular flexibility index (Phi) is 6.82. The molecule has 0 heterocycles. The number of benzene rings is 1. The van der Waals surface area contributed by atoms with Gasteiger partial charge in [-0.05, 0) is 26.0 Å². The molecule has 0 aliphatic heterocycles. The predicted octanol–water partition coefficient (Wildman–Crippen LogP) is 2.99. The number of carboxylic acid groups (broad SMARTS) is 1. The number of carboxylic acids is 1. The number of alkyl halides is 1. The van der Waals surface area contributed by atoms with Crippen molar-refractivity contribution in [1.82, 2.24) is 0 Å². The van der Waals surface area contributed by atoms with Crippen LogP contribution in [0.2, 0.25) is 0 Å². The standard InChI is InChI=1S/C7H6O4.C5H9Cl/c8-5-3-1-2-4(6(5)9)7(10)11;1-5(2)3-4-6/h1-3,8-9H,(H,10,11);3H,4H2,1-2H3. The van der Waals surface area contributed by atoms with Crippen molar-refractivity contribution in [1.29, 1.82) is 0 Å². The number of phenols is 2. The molecule has 0 bridgehead atoms. The highest BCUT2D eigenvalue weighted by Crippen LogP contribution is 2.27. The number of hydrogen-bond donors (Lipinski definition) is 3. The van der Waals surface area contributed by atoms with Crippen LogP contribution < -0.4 is 0 Å². The summed E-state index contributed by atoms with van der Waals surface area (Å²) in [6.07, 6.45) is 1.97. The van der Waals surface area contributed by atoms with Crippen molar-refractivity contribution in [2.75, 3.05) is 5.88 Å². The number of aromatic hydroxyl groups is 2. The van der Waals surface area contributed by atoms with E-state index in [1.165, 1.54) is 23.8 Å². The van der Waals surface area contributed by atoms with Gasteiger partial charge in [0, 0.05) is 5.88 Å². The molecule has 0 saturated heterocycles. The van der Waals surface area contributed by atoms with Gasteiger partial charge in [-0.1, -0.05) is 17.7 Å². The first-order chi connectivity index (χ1) is 7.90. The summed E-state index contributed by atoms with van der Waals surface area (Å²) in [6, 6.07) is 3.76. The second-order valence-corrected chi connectivity index (χ2v) is 3.72. The Hall–Kier alpha value is -1.68. The van der Waals surface area contributed by atoms with Crippen LogP contribution >= 0.6 is 11.6 Å². The van der Waals surface area contributed by atoms with Crippen LogP contribution in [0.25, 0.3) is 0 Å². The van der Waals surface area contributed by atoms with E-state index in [-0.39, 0.29) is 5.56 Å². The summed E-state index contributed by atoms with van der Waals surface area (Å²) < 4.78 is 0. The first kappa shape index (κ1) is 15.3. The molecule has 0 unspecified atom stereocenters. The molecule has 1 aromatic carbocycles. The lowest BCUT2D eigenvalue weighted by molar-refractivity contribution is 0.0693. The molecule has 0 fully saturated rings. The number of allylic oxidation sites excluding steroid dienone is 2. The SMILES string of the molecule is CC(C)=CCCl.O=C(O)c1cccc(O)c1O. The topological polar surface area (TPSA) is 77.8 Å². The second-order valence-electron chi connectivity index (χ2n) is 3.41. The van der Waals surface area contributed by atoms with Gasteiger partial charge < -0.3 is 15.3 Å². The smallest absolute Gasteiger partial charge is 0.339 e. The van der Waals surface area contributed by atoms with Crippen LogP contribution in [0, 0.1) is 0 Å². The molecule has 0 aliphatic carbocycles. The molecule has 17 heavy (non-hydrogen) atoms. The lowest BCUT2D eigenvalue weighted by atomic mass is 10.2. The maximum atomic E-state index is 10.3. The minimum Gasteiger partial charge on any atom is -0.504 e. The van der Waals surface area contributed by atoms with E-state index in [2.05, 4.69) is 0 Å². The Morgan fingerprint density at radius 2 is 1.94 bits per heavy atom. The summed E-state index contributed by atoms with van der Waals surface area (Å²) in [4.78, 5) is 10.3. The molecule has 0 aliphatic rings. The van der Waals surface area contributed by atoms with E-state index < -0.39 is 17.5 Å². The molecule has 0 amide bonds. The number of phenolic OH excluding ortho intramolecular Hbond substituents is 1. The highest BCUT2D eigenvalue weighted by Gasteiger charge is 2.11. The van der Waals surface area contributed by atoms with Crippen LogP contribution in [-0.4, -0.2) is 27.2 Å². The largest absolute Gasteiger partial charge is 0.504 e. The van der Waals surface area contributed by atoms with Crippen molar-refractivity contribution in [2.24, 2.45) is 0 Å². The van der Waals surface area contributed by atoms with E-state index in [0.29, 0.717) is 5.88 Å². The molecular formula is C12H15ClO4. The zero-order chi connectivity index (χ0) is 13.4. The monoisotopic (exact) mass is 258 g/mol. The molecule has 94 valence electrons. The van der Waals surface area contributed by atoms with E-state index >= 15 is 0 Å². The Balaban J connectivity index is 0.000000366. The first-order valence-corrected chi connectivity index (χ1v) is 5.37. The summed E-state index contributed by atoms with van der Waals surface area (Å²) in [5.74, 6) is -1.65. The summed E-state index contributed by atoms with van der Waals surface area (Å²) in [7, 11) is 0. The van der Waals surface area contributed by atoms with Crippen molar-refractivity contribution in [3.8, 4) is 11.5 Å². The molecule has 5 heteroatoms. The van der Waals surface area contributed by atoms with E-state index in [1.54, 1.807) is 0 Å². The summed E-state index contributed by atoms with van der Waals surface area (Å²) >= 11 is 5.32. The van der Waals surface area contributed by atoms with Crippen molar-refractivity contribution in [2.45, 2.75) is 13.8 Å². The molecule has 0 aromatic heterocycles. The Morgan fingerprint density at radius 1 is 1.35 bits per heavy atom. The highest BCUT2D eigenvalue weighted by molar-refractivity contribution is 6.18. The van der Waals surface area contributed by atoms with Gasteiger partial charge in [-0.15, -0.1) is 11.6 Å². The maximum absolute atomic E-state index is 10.3. The summed E-state index contributed by atoms with van der Waals surface area (Å²) in [5, 5.41) is 26.2. The number of halogens is 1. The van der Waals surface area contributed by atoms with Gasteiger partial charge in [-0.25, -0.2) is 4.79 Å². The highest BCUT2D eigenvalue weighted by atomic mass is 35.5. The Morgan fingerprint density at radius 3 is 2.24 bits per heavy atom. The minimum absolute atomic E-state index is 0.301. The molecule has 0 radical (unpaired) electrons. The fraction of sp³-hybridized carbons (Fsp3) is 0.250. The fourth-order valence-corrected chi connectivity index (χ4v) is 1.17. The van der Waals surface area contributed by atoms with Gasteiger partial charge in [0.05, 0.1) is 0 Å². The lowest BCUT2D eigenvalue weighted by Crippen LogP contribution is -1.95. The fourth-order valence-electron chi connectivity index (χ4n) is 0.858. The quantitative estimate of drug-likeness (QED) is 0.433. The zero-order valence-electron chi connectivity index (χ0n) is 9.64. The van der Waals surface area contributed by atoms with Crippen molar-refractivity contribution in [3.63, 3.8) is 0 Å². The third-order valence-corrected chi connectivity index (χ3v) is 1.88. The van der Waals surface area contributed by atoms with E-state index in [9.17, 15) is 4.79 Å². The van der Waals surface area contributed by atoms with Crippen molar-refractivity contribution < 1.29 is 20.1 Å². The molecular weight excluding hydrogens is 244 g/mol. The number of aromatic carboxylic acids is 1. The third-order valence-electron chi connectivity index (χ3n) is 1.73. The van der Waals surface area contributed by atoms with Crippen molar-refractivity contribution in [3.05, 3.63) is 35.4 Å². The van der Waals surface area contributed by atoms with Crippen LogP contribution in [0.3, 0.4) is 0 Å². The van der Waals surface area contributed by atoms with Crippen molar-refractivity contribution >= 4 is 17.6 Å². The number of carbonyl (C=O) groups is 1. The van der Waals surface area contributed by atoms with Gasteiger partial charge >= 0.3 is 5.97 Å². The predicted molar refractivity (Wildman–Crippen MR) is 66.9 cm³/mol. The average molecular weight is 259 g/mol. The number of hydrogen-bond acceptors (Lipinski definition) is 3. The molecule has 4 nitrogen and oxygen atoms in total. The Labute approximate surface area is 105 Å². The number of para-hydroxylation sites is 1. The molecule has 1 aromatic rings. The second kappa shape index (κ2) is 7.57. The molecule has 3 N–H and O–H groups in total. The van der Waals surface area contributed by atoms with Gasteiger partial charge in [0.1, 0.15) is 5.56 Å². The van der Waals surface area contributed by atoms with Gasteiger partial charge in [0.15, 0.2) is 11.5 Å². The molecule has 0 atom stereocenters. The van der Waals surface area contributed by atoms with Crippen LogP contribution in [0.4, 0.5) is 0 Å². The molecule has 0 saturated carbocycles. The zero-order valence-corrected chi connectivity index (χ0v) is 10.4. The Bertz CT molecular complexity index is 409. The normalized spacial score (nSPS) is 8.88. The van der Waals surface area contributed by atoms with E-state index in [0.717, 1.165) is 0 Å². The molecule has 0 spiro atoms. The van der Waals surface area contributed by atoms with Crippen LogP contribution in [0.1, 0.15) is 24.2 Å². The minimum atomic E-state index is -1.27. The average Bonchev–Trinajstić information content (AvgIpc) is 2.22. The van der Waals surface area contributed by atoms with Gasteiger partial charge in [0.2, 0.25) is 0 Å². The van der Waals surface area contributed by atoms with Crippen LogP contribution in [-0.2, 0) is 0 Å². The molecule has 1 rings (SSSR count). The van der Waals surface area contributed by atoms with E-state index in [4.69, 9.17) is 26.9 Å². The van der Waals surface area contributed by atoms with Gasteiger partial charge in [-0.2, -0.15) is 0 Å². The van der Waals surface area contributed by atoms with Gasteiger partial charge in [-0.3, -0.25) is 0 Å². The van der Waals surface area contributed by atoms with Crippen LogP contribution in [0.5, 0.6) is 11.5 Å². The number of rotatable bonds is 2. The van der Waals surface area contributed by atoms with E-state index in [1.807, 2.05) is 19.9 Å². The summed E-state index contributed by atoms with van der Waals surface area (Å²) in [6.45, 7) is 4.06. The third kappa shape index (κ3) is 5.82. The maximum Gasteiger partial charge on any atom is 0.339 e. The first-order valence-electron chi connectivity index (χ1n) is 4.83. The van der Waals surface area contributed by atoms with Crippen LogP contribution in [0.15, 0.2) is 29.8 Å². The lowest BCUT2D eigenvalue weighted by Gasteiger charge is -1.99.